The summed E-state index contributed by atoms with van der Waals surface area (Å²) in [6.07, 6.45) is 2.85. The Bertz CT molecular complexity index is 810. The molecule has 25 heavy (non-hydrogen) atoms. The minimum Gasteiger partial charge on any atom is -0.341 e. The first kappa shape index (κ1) is 17.2. The van der Waals surface area contributed by atoms with Crippen LogP contribution >= 0.6 is 23.2 Å². The lowest BCUT2D eigenvalue weighted by atomic mass is 9.83. The van der Waals surface area contributed by atoms with Gasteiger partial charge in [0.15, 0.2) is 0 Å². The van der Waals surface area contributed by atoms with Crippen molar-refractivity contribution in [3.05, 3.63) is 44.8 Å². The van der Waals surface area contributed by atoms with Crippen molar-refractivity contribution in [1.82, 2.24) is 9.47 Å². The SMILES string of the molecule is CC1(C)[C@@H](C=C(Cl)Cl)[C@@H]1C(=O)N1C[C@@H]2C[C@H](C1)c1cccc(=O)n1C2. The number of halogens is 2. The van der Waals surface area contributed by atoms with Crippen LogP contribution in [0.2, 0.25) is 0 Å². The van der Waals surface area contributed by atoms with Crippen molar-refractivity contribution >= 4 is 29.1 Å². The van der Waals surface area contributed by atoms with Crippen LogP contribution in [0.25, 0.3) is 0 Å². The minimum absolute atomic E-state index is 0.0585. The summed E-state index contributed by atoms with van der Waals surface area (Å²) in [5.41, 5.74) is 1.03. The lowest BCUT2D eigenvalue weighted by molar-refractivity contribution is -0.136. The van der Waals surface area contributed by atoms with Gasteiger partial charge in [-0.05, 0) is 35.8 Å². The fourth-order valence-corrected chi connectivity index (χ4v) is 5.14. The highest BCUT2D eigenvalue weighted by molar-refractivity contribution is 6.55. The van der Waals surface area contributed by atoms with Crippen LogP contribution in [0.15, 0.2) is 33.6 Å². The molecule has 1 aromatic heterocycles. The number of amides is 1. The summed E-state index contributed by atoms with van der Waals surface area (Å²) in [6.45, 7) is 6.31. The van der Waals surface area contributed by atoms with Crippen LogP contribution in [-0.4, -0.2) is 28.5 Å². The topological polar surface area (TPSA) is 42.3 Å². The molecule has 0 N–H and O–H groups in total. The van der Waals surface area contributed by atoms with E-state index in [0.29, 0.717) is 19.0 Å². The molecule has 1 saturated heterocycles. The monoisotopic (exact) mass is 380 g/mol. The van der Waals surface area contributed by atoms with Crippen molar-refractivity contribution in [2.75, 3.05) is 13.1 Å². The number of piperidine rings is 1. The average Bonchev–Trinajstić information content (AvgIpc) is 3.07. The molecule has 1 saturated carbocycles. The second-order valence-electron chi connectivity index (χ2n) is 8.22. The van der Waals surface area contributed by atoms with Gasteiger partial charge < -0.3 is 9.47 Å². The van der Waals surface area contributed by atoms with E-state index in [9.17, 15) is 9.59 Å². The van der Waals surface area contributed by atoms with Gasteiger partial charge in [0, 0.05) is 37.3 Å². The molecule has 134 valence electrons. The first-order valence-corrected chi connectivity index (χ1v) is 9.56. The van der Waals surface area contributed by atoms with Gasteiger partial charge in [0.2, 0.25) is 5.91 Å². The first-order chi connectivity index (χ1) is 11.8. The molecule has 1 aliphatic carbocycles. The Morgan fingerprint density at radius 1 is 1.24 bits per heavy atom. The molecule has 0 spiro atoms. The number of allylic oxidation sites excluding steroid dienone is 1. The number of nitrogens with zero attached hydrogens (tertiary/aromatic N) is 2. The van der Waals surface area contributed by atoms with E-state index in [0.717, 1.165) is 18.7 Å². The van der Waals surface area contributed by atoms with Gasteiger partial charge in [-0.15, -0.1) is 0 Å². The Morgan fingerprint density at radius 2 is 2.00 bits per heavy atom. The molecule has 2 fully saturated rings. The highest BCUT2D eigenvalue weighted by atomic mass is 35.5. The molecule has 1 aromatic rings. The predicted octanol–water partition coefficient (Wildman–Crippen LogP) is 3.39. The number of carbonyl (C=O) groups is 1. The molecule has 0 unspecified atom stereocenters. The third-order valence-corrected chi connectivity index (χ3v) is 6.53. The summed E-state index contributed by atoms with van der Waals surface area (Å²) in [4.78, 5) is 27.2. The number of aromatic nitrogens is 1. The van der Waals surface area contributed by atoms with E-state index < -0.39 is 0 Å². The summed E-state index contributed by atoms with van der Waals surface area (Å²) < 4.78 is 2.12. The van der Waals surface area contributed by atoms with E-state index in [-0.39, 0.29) is 39.1 Å². The van der Waals surface area contributed by atoms with Crippen LogP contribution in [0.4, 0.5) is 0 Å². The van der Waals surface area contributed by atoms with Crippen molar-refractivity contribution in [3.8, 4) is 0 Å². The molecular weight excluding hydrogens is 359 g/mol. The lowest BCUT2D eigenvalue weighted by Gasteiger charge is -2.43. The molecule has 4 rings (SSSR count). The third-order valence-electron chi connectivity index (χ3n) is 6.27. The van der Waals surface area contributed by atoms with E-state index in [1.807, 2.05) is 21.6 Å². The average molecular weight is 381 g/mol. The zero-order valence-electron chi connectivity index (χ0n) is 14.4. The van der Waals surface area contributed by atoms with Gasteiger partial charge in [-0.3, -0.25) is 9.59 Å². The number of pyridine rings is 1. The van der Waals surface area contributed by atoms with E-state index in [1.165, 1.54) is 0 Å². The Morgan fingerprint density at radius 3 is 2.72 bits per heavy atom. The molecule has 4 nitrogen and oxygen atoms in total. The van der Waals surface area contributed by atoms with Crippen LogP contribution in [0.3, 0.4) is 0 Å². The van der Waals surface area contributed by atoms with Crippen LogP contribution in [0, 0.1) is 23.2 Å². The van der Waals surface area contributed by atoms with Gasteiger partial charge in [-0.2, -0.15) is 0 Å². The van der Waals surface area contributed by atoms with Gasteiger partial charge in [-0.1, -0.05) is 43.1 Å². The first-order valence-electron chi connectivity index (χ1n) is 8.80. The van der Waals surface area contributed by atoms with Crippen molar-refractivity contribution in [1.29, 1.82) is 0 Å². The van der Waals surface area contributed by atoms with Crippen molar-refractivity contribution in [2.24, 2.45) is 23.2 Å². The summed E-state index contributed by atoms with van der Waals surface area (Å²) in [5, 5.41) is 0. The zero-order chi connectivity index (χ0) is 17.9. The largest absolute Gasteiger partial charge is 0.341 e. The Balaban J connectivity index is 1.56. The maximum atomic E-state index is 13.1. The molecule has 0 radical (unpaired) electrons. The molecule has 2 bridgehead atoms. The van der Waals surface area contributed by atoms with Gasteiger partial charge in [0.05, 0.1) is 5.92 Å². The molecule has 0 aromatic carbocycles. The molecule has 2 aliphatic heterocycles. The van der Waals surface area contributed by atoms with E-state index >= 15 is 0 Å². The second kappa shape index (κ2) is 5.88. The fraction of sp³-hybridized carbons (Fsp3) is 0.579. The molecule has 6 heteroatoms. The van der Waals surface area contributed by atoms with Gasteiger partial charge in [-0.25, -0.2) is 0 Å². The van der Waals surface area contributed by atoms with E-state index in [4.69, 9.17) is 23.2 Å². The molecule has 4 atom stereocenters. The molecular formula is C19H22Cl2N2O2. The van der Waals surface area contributed by atoms with Crippen molar-refractivity contribution < 1.29 is 4.79 Å². The number of likely N-dealkylation sites (tertiary alicyclic amines) is 1. The highest BCUT2D eigenvalue weighted by Gasteiger charge is 2.61. The maximum absolute atomic E-state index is 13.1. The summed E-state index contributed by atoms with van der Waals surface area (Å²) in [6, 6.07) is 5.46. The van der Waals surface area contributed by atoms with Crippen LogP contribution in [0.1, 0.15) is 31.9 Å². The summed E-state index contributed by atoms with van der Waals surface area (Å²) >= 11 is 11.6. The van der Waals surface area contributed by atoms with Gasteiger partial charge in [0.1, 0.15) is 4.49 Å². The predicted molar refractivity (Wildman–Crippen MR) is 98.7 cm³/mol. The quantitative estimate of drug-likeness (QED) is 0.788. The highest BCUT2D eigenvalue weighted by Crippen LogP contribution is 2.60. The second-order valence-corrected chi connectivity index (χ2v) is 9.23. The normalized spacial score (nSPS) is 31.9. The van der Waals surface area contributed by atoms with Crippen LogP contribution < -0.4 is 5.56 Å². The molecule has 3 aliphatic rings. The molecule has 1 amide bonds. The molecule has 3 heterocycles. The standard InChI is InChI=1S/C19H22Cl2N2O2/c1-19(2)13(7-15(20)21)17(19)18(25)22-8-11-6-12(10-22)14-4-3-5-16(24)23(14)9-11/h3-5,7,11-13,17H,6,8-10H2,1-2H3/t11-,12+,13-,17+/m0/s1. The maximum Gasteiger partial charge on any atom is 0.250 e. The van der Waals surface area contributed by atoms with Crippen molar-refractivity contribution in [2.45, 2.75) is 32.7 Å². The Labute approximate surface area is 157 Å². The number of rotatable bonds is 2. The Hall–Kier alpha value is -1.26. The van der Waals surface area contributed by atoms with Gasteiger partial charge >= 0.3 is 0 Å². The Kier molecular flexibility index (Phi) is 4.04. The smallest absolute Gasteiger partial charge is 0.250 e. The minimum atomic E-state index is -0.104. The van der Waals surface area contributed by atoms with E-state index in [2.05, 4.69) is 13.8 Å². The van der Waals surface area contributed by atoms with Gasteiger partial charge in [0.25, 0.3) is 5.56 Å². The van der Waals surface area contributed by atoms with Crippen LogP contribution in [-0.2, 0) is 11.3 Å². The summed E-state index contributed by atoms with van der Waals surface area (Å²) in [5.74, 6) is 0.835. The zero-order valence-corrected chi connectivity index (χ0v) is 15.9. The fourth-order valence-electron chi connectivity index (χ4n) is 4.87. The number of hydrogen-bond donors (Lipinski definition) is 0. The summed E-state index contributed by atoms with van der Waals surface area (Å²) in [7, 11) is 0. The number of hydrogen-bond acceptors (Lipinski definition) is 2. The van der Waals surface area contributed by atoms with Crippen LogP contribution in [0.5, 0.6) is 0 Å². The van der Waals surface area contributed by atoms with E-state index in [1.54, 1.807) is 12.1 Å². The number of carbonyl (C=O) groups excluding carboxylic acids is 1. The number of fused-ring (bicyclic) bond motifs is 4. The van der Waals surface area contributed by atoms with Crippen molar-refractivity contribution in [3.63, 3.8) is 0 Å². The third kappa shape index (κ3) is 2.83. The lowest BCUT2D eigenvalue weighted by Crippen LogP contribution is -2.49.